The van der Waals surface area contributed by atoms with E-state index in [1.54, 1.807) is 18.2 Å². The van der Waals surface area contributed by atoms with Gasteiger partial charge >= 0.3 is 0 Å². The highest BCUT2D eigenvalue weighted by atomic mass is 35.5. The molecule has 4 aromatic rings. The molecule has 0 saturated carbocycles. The molecule has 4 rings (SSSR count). The minimum absolute atomic E-state index is 0.203. The van der Waals surface area contributed by atoms with Crippen LogP contribution in [0.25, 0.3) is 22.3 Å². The van der Waals surface area contributed by atoms with Crippen LogP contribution in [0, 0.1) is 0 Å². The van der Waals surface area contributed by atoms with Gasteiger partial charge in [0.05, 0.1) is 10.9 Å². The minimum Gasteiger partial charge on any atom is -0.308 e. The molecule has 0 aliphatic heterocycles. The molecule has 0 atom stereocenters. The van der Waals surface area contributed by atoms with Crippen molar-refractivity contribution in [3.8, 4) is 11.4 Å². The number of benzene rings is 2. The molecule has 2 aromatic heterocycles. The number of hydrogen-bond donors (Lipinski definition) is 1. The van der Waals surface area contributed by atoms with Crippen LogP contribution in [0.3, 0.4) is 0 Å². The number of nitrogens with one attached hydrogen (secondary N) is 1. The quantitative estimate of drug-likeness (QED) is 0.586. The number of tetrazole rings is 1. The van der Waals surface area contributed by atoms with Gasteiger partial charge in [-0.2, -0.15) is 4.80 Å². The van der Waals surface area contributed by atoms with Crippen molar-refractivity contribution in [1.82, 2.24) is 30.2 Å². The molecule has 7 nitrogen and oxygen atoms in total. The van der Waals surface area contributed by atoms with Crippen molar-refractivity contribution in [3.05, 3.63) is 69.2 Å². The molecule has 0 bridgehead atoms. The van der Waals surface area contributed by atoms with E-state index in [4.69, 9.17) is 11.6 Å². The van der Waals surface area contributed by atoms with Crippen LogP contribution in [0.15, 0.2) is 47.3 Å². The van der Waals surface area contributed by atoms with E-state index >= 15 is 0 Å². The summed E-state index contributed by atoms with van der Waals surface area (Å²) in [6, 6.07) is 13.1. The molecule has 0 saturated heterocycles. The number of hydrogen-bond acceptors (Lipinski definition) is 5. The van der Waals surface area contributed by atoms with Gasteiger partial charge in [-0.15, -0.1) is 10.2 Å². The van der Waals surface area contributed by atoms with E-state index in [1.165, 1.54) is 10.4 Å². The van der Waals surface area contributed by atoms with Crippen molar-refractivity contribution < 1.29 is 0 Å². The first-order valence-corrected chi connectivity index (χ1v) is 8.94. The predicted octanol–water partition coefficient (Wildman–Crippen LogP) is 3.40. The van der Waals surface area contributed by atoms with Crippen LogP contribution in [-0.2, 0) is 6.54 Å². The summed E-state index contributed by atoms with van der Waals surface area (Å²) in [7, 11) is 0. The van der Waals surface area contributed by atoms with Gasteiger partial charge in [-0.25, -0.2) is 4.98 Å². The van der Waals surface area contributed by atoms with Crippen molar-refractivity contribution >= 4 is 22.5 Å². The number of aromatic nitrogens is 6. The van der Waals surface area contributed by atoms with E-state index in [0.717, 1.165) is 5.56 Å². The molecule has 8 heteroatoms. The Morgan fingerprint density at radius 1 is 1.15 bits per heavy atom. The van der Waals surface area contributed by atoms with E-state index in [2.05, 4.69) is 51.4 Å². The molecule has 0 unspecified atom stereocenters. The molecule has 0 aliphatic rings. The second-order valence-corrected chi connectivity index (χ2v) is 7.03. The Morgan fingerprint density at radius 2 is 1.93 bits per heavy atom. The smallest absolute Gasteiger partial charge is 0.258 e. The average molecular weight is 381 g/mol. The minimum atomic E-state index is -0.226. The Labute approximate surface area is 160 Å². The van der Waals surface area contributed by atoms with Gasteiger partial charge in [-0.3, -0.25) is 4.79 Å². The summed E-state index contributed by atoms with van der Waals surface area (Å²) in [4.78, 5) is 20.8. The van der Waals surface area contributed by atoms with E-state index in [0.29, 0.717) is 33.5 Å². The zero-order valence-corrected chi connectivity index (χ0v) is 15.6. The number of H-pyrrole nitrogens is 1. The van der Waals surface area contributed by atoms with E-state index in [9.17, 15) is 4.79 Å². The van der Waals surface area contributed by atoms with Crippen LogP contribution in [0.1, 0.15) is 31.2 Å². The third-order valence-electron chi connectivity index (χ3n) is 4.30. The van der Waals surface area contributed by atoms with Crippen LogP contribution >= 0.6 is 11.6 Å². The lowest BCUT2D eigenvalue weighted by Crippen LogP contribution is -2.15. The molecule has 0 aliphatic carbocycles. The molecule has 27 heavy (non-hydrogen) atoms. The maximum atomic E-state index is 12.2. The van der Waals surface area contributed by atoms with Gasteiger partial charge in [0, 0.05) is 10.6 Å². The monoisotopic (exact) mass is 380 g/mol. The summed E-state index contributed by atoms with van der Waals surface area (Å²) in [5, 5.41) is 13.6. The van der Waals surface area contributed by atoms with Gasteiger partial charge in [0.25, 0.3) is 5.56 Å². The van der Waals surface area contributed by atoms with Crippen molar-refractivity contribution in [1.29, 1.82) is 0 Å². The first kappa shape index (κ1) is 17.4. The molecule has 2 aromatic carbocycles. The Balaban J connectivity index is 1.61. The highest BCUT2D eigenvalue weighted by molar-refractivity contribution is 6.31. The maximum absolute atomic E-state index is 12.2. The lowest BCUT2D eigenvalue weighted by Gasteiger charge is -2.04. The summed E-state index contributed by atoms with van der Waals surface area (Å²) in [6.45, 7) is 4.50. The molecule has 1 N–H and O–H groups in total. The number of rotatable bonds is 4. The highest BCUT2D eigenvalue weighted by Gasteiger charge is 2.10. The van der Waals surface area contributed by atoms with Crippen LogP contribution < -0.4 is 5.56 Å². The number of nitrogens with zero attached hydrogens (tertiary/aromatic N) is 5. The zero-order chi connectivity index (χ0) is 19.0. The lowest BCUT2D eigenvalue weighted by molar-refractivity contribution is 0.555. The molecule has 0 amide bonds. The Kier molecular flexibility index (Phi) is 4.45. The fourth-order valence-corrected chi connectivity index (χ4v) is 2.98. The van der Waals surface area contributed by atoms with Gasteiger partial charge in [-0.05, 0) is 34.9 Å². The topological polar surface area (TPSA) is 89.4 Å². The Morgan fingerprint density at radius 3 is 2.67 bits per heavy atom. The molecule has 0 spiro atoms. The predicted molar refractivity (Wildman–Crippen MR) is 104 cm³/mol. The van der Waals surface area contributed by atoms with Crippen molar-refractivity contribution in [3.63, 3.8) is 0 Å². The zero-order valence-electron chi connectivity index (χ0n) is 14.8. The first-order chi connectivity index (χ1) is 13.0. The largest absolute Gasteiger partial charge is 0.308 e. The lowest BCUT2D eigenvalue weighted by atomic mass is 10.0. The third-order valence-corrected chi connectivity index (χ3v) is 4.53. The second-order valence-electron chi connectivity index (χ2n) is 6.59. The van der Waals surface area contributed by atoms with Gasteiger partial charge in [-0.1, -0.05) is 49.7 Å². The number of fused-ring (bicyclic) bond motifs is 1. The first-order valence-electron chi connectivity index (χ1n) is 8.56. The molecular formula is C19H17ClN6O. The van der Waals surface area contributed by atoms with Crippen LogP contribution in [-0.4, -0.2) is 30.2 Å². The van der Waals surface area contributed by atoms with E-state index in [1.807, 2.05) is 12.1 Å². The molecule has 136 valence electrons. The Hall–Kier alpha value is -3.06. The van der Waals surface area contributed by atoms with Crippen molar-refractivity contribution in [2.75, 3.05) is 0 Å². The number of aromatic amines is 1. The van der Waals surface area contributed by atoms with Crippen LogP contribution in [0.2, 0.25) is 5.02 Å². The standard InChI is InChI=1S/C19H17ClN6O/c1-11(2)12-3-5-13(6-4-12)18-23-25-26(24-18)10-17-21-16-9-14(20)7-8-15(16)19(27)22-17/h3-9,11H,10H2,1-2H3,(H,21,22,27). The average Bonchev–Trinajstić information content (AvgIpc) is 3.10. The summed E-state index contributed by atoms with van der Waals surface area (Å²) >= 11 is 5.99. The molecular weight excluding hydrogens is 364 g/mol. The number of halogens is 1. The fraction of sp³-hybridized carbons (Fsp3) is 0.211. The summed E-state index contributed by atoms with van der Waals surface area (Å²) in [5.41, 5.74) is 2.45. The van der Waals surface area contributed by atoms with Gasteiger partial charge < -0.3 is 4.98 Å². The maximum Gasteiger partial charge on any atom is 0.258 e. The summed E-state index contributed by atoms with van der Waals surface area (Å²) < 4.78 is 0. The summed E-state index contributed by atoms with van der Waals surface area (Å²) in [5.74, 6) is 1.43. The van der Waals surface area contributed by atoms with Gasteiger partial charge in [0.2, 0.25) is 5.82 Å². The molecule has 2 heterocycles. The highest BCUT2D eigenvalue weighted by Crippen LogP contribution is 2.19. The third kappa shape index (κ3) is 3.59. The summed E-state index contributed by atoms with van der Waals surface area (Å²) in [6.07, 6.45) is 0. The Bertz CT molecular complexity index is 1160. The van der Waals surface area contributed by atoms with E-state index in [-0.39, 0.29) is 12.1 Å². The van der Waals surface area contributed by atoms with E-state index < -0.39 is 0 Å². The van der Waals surface area contributed by atoms with Gasteiger partial charge in [0.1, 0.15) is 12.4 Å². The SMILES string of the molecule is CC(C)c1ccc(-c2nnn(Cc3nc4cc(Cl)ccc4c(=O)[nH]3)n2)cc1. The molecule has 0 fully saturated rings. The van der Waals surface area contributed by atoms with Crippen LogP contribution in [0.4, 0.5) is 0 Å². The molecule has 0 radical (unpaired) electrons. The van der Waals surface area contributed by atoms with Crippen LogP contribution in [0.5, 0.6) is 0 Å². The normalized spacial score (nSPS) is 11.4. The fourth-order valence-electron chi connectivity index (χ4n) is 2.81. The van der Waals surface area contributed by atoms with Crippen molar-refractivity contribution in [2.45, 2.75) is 26.3 Å². The van der Waals surface area contributed by atoms with Gasteiger partial charge in [0.15, 0.2) is 0 Å². The van der Waals surface area contributed by atoms with Crippen molar-refractivity contribution in [2.24, 2.45) is 0 Å². The second kappa shape index (κ2) is 6.92.